The summed E-state index contributed by atoms with van der Waals surface area (Å²) in [4.78, 5) is 69.9. The van der Waals surface area contributed by atoms with E-state index in [0.717, 1.165) is 0 Å². The SMILES string of the molecule is NCCCCC(NC(=O)C(CC(N)=O)NC(=O)CN)C(=O)NC(CCC(=O)O)C(=O)O. The molecule has 4 amide bonds. The molecule has 0 aromatic heterocycles. The number of amides is 4. The van der Waals surface area contributed by atoms with E-state index in [1.807, 2.05) is 0 Å². The summed E-state index contributed by atoms with van der Waals surface area (Å²) in [6.07, 6.45) is -0.420. The van der Waals surface area contributed by atoms with Crippen molar-refractivity contribution in [3.05, 3.63) is 0 Å². The second kappa shape index (κ2) is 14.7. The zero-order valence-electron chi connectivity index (χ0n) is 17.0. The molecule has 0 fully saturated rings. The van der Waals surface area contributed by atoms with E-state index in [1.54, 1.807) is 0 Å². The molecule has 0 aromatic carbocycles. The van der Waals surface area contributed by atoms with Crippen LogP contribution >= 0.6 is 0 Å². The van der Waals surface area contributed by atoms with Crippen molar-refractivity contribution in [2.75, 3.05) is 13.1 Å². The number of carboxylic acids is 2. The van der Waals surface area contributed by atoms with Crippen molar-refractivity contribution in [2.45, 2.75) is 56.7 Å². The fraction of sp³-hybridized carbons (Fsp3) is 0.647. The van der Waals surface area contributed by atoms with Gasteiger partial charge in [0.05, 0.1) is 13.0 Å². The molecule has 0 saturated carbocycles. The molecular weight excluding hydrogens is 416 g/mol. The van der Waals surface area contributed by atoms with E-state index in [4.69, 9.17) is 22.3 Å². The highest BCUT2D eigenvalue weighted by atomic mass is 16.4. The monoisotopic (exact) mass is 446 g/mol. The van der Waals surface area contributed by atoms with Gasteiger partial charge in [-0.2, -0.15) is 0 Å². The average molecular weight is 446 g/mol. The molecule has 0 aliphatic carbocycles. The van der Waals surface area contributed by atoms with Gasteiger partial charge < -0.3 is 43.4 Å². The molecule has 0 radical (unpaired) electrons. The number of unbranched alkanes of at least 4 members (excludes halogenated alkanes) is 1. The minimum atomic E-state index is -1.49. The Morgan fingerprint density at radius 2 is 1.35 bits per heavy atom. The van der Waals surface area contributed by atoms with Crippen LogP contribution in [0.15, 0.2) is 0 Å². The zero-order chi connectivity index (χ0) is 24.0. The van der Waals surface area contributed by atoms with E-state index < -0.39 is 73.1 Å². The summed E-state index contributed by atoms with van der Waals surface area (Å²) in [6, 6.07) is -4.10. The summed E-state index contributed by atoms with van der Waals surface area (Å²) < 4.78 is 0. The quantitative estimate of drug-likeness (QED) is 0.108. The number of aliphatic carboxylic acids is 2. The predicted molar refractivity (Wildman–Crippen MR) is 106 cm³/mol. The molecule has 14 nitrogen and oxygen atoms in total. The van der Waals surface area contributed by atoms with Gasteiger partial charge in [0.1, 0.15) is 18.1 Å². The summed E-state index contributed by atoms with van der Waals surface area (Å²) in [7, 11) is 0. The van der Waals surface area contributed by atoms with Crippen LogP contribution in [0.5, 0.6) is 0 Å². The van der Waals surface area contributed by atoms with Crippen LogP contribution < -0.4 is 33.2 Å². The Morgan fingerprint density at radius 3 is 1.84 bits per heavy atom. The van der Waals surface area contributed by atoms with Gasteiger partial charge >= 0.3 is 11.9 Å². The first-order valence-corrected chi connectivity index (χ1v) is 9.54. The van der Waals surface area contributed by atoms with Crippen molar-refractivity contribution in [1.29, 1.82) is 0 Å². The number of rotatable bonds is 16. The first-order valence-electron chi connectivity index (χ1n) is 9.54. The largest absolute Gasteiger partial charge is 0.481 e. The van der Waals surface area contributed by atoms with E-state index in [2.05, 4.69) is 16.0 Å². The van der Waals surface area contributed by atoms with Gasteiger partial charge in [0.2, 0.25) is 23.6 Å². The highest BCUT2D eigenvalue weighted by Crippen LogP contribution is 2.05. The van der Waals surface area contributed by atoms with Gasteiger partial charge in [-0.15, -0.1) is 0 Å². The standard InChI is InChI=1S/C17H30N6O8/c18-6-2-1-3-9(15(28)23-10(17(30)31)4-5-14(26)27)22-16(29)11(7-12(20)24)21-13(25)8-19/h9-11H,1-8,18-19H2,(H2,20,24)(H,21,25)(H,22,29)(H,23,28)(H,26,27)(H,30,31). The first-order chi connectivity index (χ1) is 14.5. The molecule has 0 spiro atoms. The average Bonchev–Trinajstić information content (AvgIpc) is 2.68. The van der Waals surface area contributed by atoms with Crippen molar-refractivity contribution < 1.29 is 39.0 Å². The van der Waals surface area contributed by atoms with Crippen molar-refractivity contribution in [1.82, 2.24) is 16.0 Å². The number of nitrogens with two attached hydrogens (primary N) is 3. The lowest BCUT2D eigenvalue weighted by molar-refractivity contribution is -0.143. The summed E-state index contributed by atoms with van der Waals surface area (Å²) in [5, 5.41) is 24.7. The first kappa shape index (κ1) is 27.7. The van der Waals surface area contributed by atoms with Gasteiger partial charge in [0.15, 0.2) is 0 Å². The third-order valence-corrected chi connectivity index (χ3v) is 4.08. The predicted octanol–water partition coefficient (Wildman–Crippen LogP) is -3.65. The van der Waals surface area contributed by atoms with Gasteiger partial charge in [-0.05, 0) is 32.2 Å². The number of hydrogen-bond donors (Lipinski definition) is 8. The minimum absolute atomic E-state index is 0.0775. The Morgan fingerprint density at radius 1 is 0.774 bits per heavy atom. The van der Waals surface area contributed by atoms with Crippen molar-refractivity contribution in [3.63, 3.8) is 0 Å². The molecule has 0 rings (SSSR count). The summed E-state index contributed by atoms with van der Waals surface area (Å²) in [6.45, 7) is -0.137. The topological polar surface area (TPSA) is 257 Å². The minimum Gasteiger partial charge on any atom is -0.481 e. The fourth-order valence-electron chi connectivity index (χ4n) is 2.50. The number of nitrogens with one attached hydrogen (secondary N) is 3. The number of primary amides is 1. The fourth-order valence-corrected chi connectivity index (χ4v) is 2.50. The molecule has 11 N–H and O–H groups in total. The molecule has 0 saturated heterocycles. The van der Waals surface area contributed by atoms with Crippen LogP contribution in [0.1, 0.15) is 38.5 Å². The van der Waals surface area contributed by atoms with Crippen LogP contribution in [0.25, 0.3) is 0 Å². The highest BCUT2D eigenvalue weighted by molar-refractivity contribution is 5.95. The molecule has 0 heterocycles. The zero-order valence-corrected chi connectivity index (χ0v) is 17.0. The molecule has 3 atom stereocenters. The van der Waals surface area contributed by atoms with Crippen LogP contribution in [-0.2, 0) is 28.8 Å². The number of hydrogen-bond acceptors (Lipinski definition) is 8. The molecular formula is C17H30N6O8. The van der Waals surface area contributed by atoms with E-state index in [0.29, 0.717) is 19.4 Å². The molecule has 176 valence electrons. The van der Waals surface area contributed by atoms with Crippen LogP contribution in [-0.4, -0.2) is 77.0 Å². The van der Waals surface area contributed by atoms with Gasteiger partial charge in [0.25, 0.3) is 0 Å². The number of carbonyl (C=O) groups is 6. The lowest BCUT2D eigenvalue weighted by Crippen LogP contribution is -2.56. The van der Waals surface area contributed by atoms with Crippen LogP contribution in [0.2, 0.25) is 0 Å². The maximum Gasteiger partial charge on any atom is 0.326 e. The molecule has 0 aliphatic heterocycles. The Bertz CT molecular complexity index is 671. The molecule has 14 heteroatoms. The van der Waals surface area contributed by atoms with Crippen molar-refractivity contribution in [3.8, 4) is 0 Å². The smallest absolute Gasteiger partial charge is 0.326 e. The maximum atomic E-state index is 12.6. The van der Waals surface area contributed by atoms with Gasteiger partial charge in [-0.1, -0.05) is 0 Å². The molecule has 0 bridgehead atoms. The summed E-state index contributed by atoms with van der Waals surface area (Å²) in [5.41, 5.74) is 15.7. The Kier molecular flexibility index (Phi) is 13.1. The van der Waals surface area contributed by atoms with Crippen molar-refractivity contribution in [2.24, 2.45) is 17.2 Å². The molecule has 3 unspecified atom stereocenters. The summed E-state index contributed by atoms with van der Waals surface area (Å²) >= 11 is 0. The Labute approximate surface area is 178 Å². The molecule has 31 heavy (non-hydrogen) atoms. The lowest BCUT2D eigenvalue weighted by Gasteiger charge is -2.24. The van der Waals surface area contributed by atoms with Crippen LogP contribution in [0.4, 0.5) is 0 Å². The van der Waals surface area contributed by atoms with Crippen LogP contribution in [0.3, 0.4) is 0 Å². The van der Waals surface area contributed by atoms with E-state index in [1.165, 1.54) is 0 Å². The highest BCUT2D eigenvalue weighted by Gasteiger charge is 2.30. The van der Waals surface area contributed by atoms with Gasteiger partial charge in [-0.3, -0.25) is 24.0 Å². The second-order valence-corrected chi connectivity index (χ2v) is 6.67. The maximum absolute atomic E-state index is 12.6. The molecule has 0 aliphatic rings. The number of carboxylic acid groups (broad SMARTS) is 2. The second-order valence-electron chi connectivity index (χ2n) is 6.67. The normalized spacial score (nSPS) is 13.4. The summed E-state index contributed by atoms with van der Waals surface area (Å²) in [5.74, 6) is -6.06. The van der Waals surface area contributed by atoms with Crippen LogP contribution in [0, 0.1) is 0 Å². The molecule has 0 aromatic rings. The van der Waals surface area contributed by atoms with E-state index >= 15 is 0 Å². The Balaban J connectivity index is 5.38. The lowest BCUT2D eigenvalue weighted by atomic mass is 10.1. The third-order valence-electron chi connectivity index (χ3n) is 4.08. The van der Waals surface area contributed by atoms with Gasteiger partial charge in [-0.25, -0.2) is 4.79 Å². The number of carbonyl (C=O) groups excluding carboxylic acids is 4. The Hall–Kier alpha value is -3.26. The van der Waals surface area contributed by atoms with Gasteiger partial charge in [0, 0.05) is 6.42 Å². The van der Waals surface area contributed by atoms with E-state index in [-0.39, 0.29) is 12.8 Å². The van der Waals surface area contributed by atoms with Crippen molar-refractivity contribution >= 4 is 35.6 Å². The van der Waals surface area contributed by atoms with E-state index in [9.17, 15) is 33.9 Å². The third kappa shape index (κ3) is 12.1.